The predicted octanol–water partition coefficient (Wildman–Crippen LogP) is 0.802. The minimum atomic E-state index is -1.17. The summed E-state index contributed by atoms with van der Waals surface area (Å²) >= 11 is 0. The van der Waals surface area contributed by atoms with E-state index in [1.54, 1.807) is 32.1 Å². The van der Waals surface area contributed by atoms with Gasteiger partial charge in [-0.15, -0.1) is 0 Å². The van der Waals surface area contributed by atoms with Gasteiger partial charge in [-0.25, -0.2) is 9.59 Å². The number of imide groups is 6. The average Bonchev–Trinajstić information content (AvgIpc) is 3.19. The summed E-state index contributed by atoms with van der Waals surface area (Å²) in [5, 5.41) is 10.3. The third-order valence-electron chi connectivity index (χ3n) is 7.96. The number of allylic oxidation sites excluding steroid dienone is 2. The van der Waals surface area contributed by atoms with Crippen molar-refractivity contribution < 1.29 is 33.9 Å². The molecule has 0 aromatic heterocycles. The quantitative estimate of drug-likeness (QED) is 0.392. The summed E-state index contributed by atoms with van der Waals surface area (Å²) in [6.07, 6.45) is 2.01. The summed E-state index contributed by atoms with van der Waals surface area (Å²) in [5.74, 6) is -7.67. The third-order valence-corrected chi connectivity index (χ3v) is 7.96. The number of nitrogens with two attached hydrogens (primary N) is 2. The number of carbonyl (C=O) groups excluding carboxylic acids is 6. The van der Waals surface area contributed by atoms with Gasteiger partial charge >= 0.3 is 12.1 Å². The van der Waals surface area contributed by atoms with E-state index < -0.39 is 71.2 Å². The predicted molar refractivity (Wildman–Crippen MR) is 118 cm³/mol. The molecule has 5 N–H and O–H groups in total. The molecule has 4 aliphatic rings. The van der Waals surface area contributed by atoms with Gasteiger partial charge in [0.15, 0.2) is 0 Å². The maximum Gasteiger partial charge on any atom is 0.328 e. The van der Waals surface area contributed by atoms with Crippen LogP contribution >= 0.6 is 0 Å². The summed E-state index contributed by atoms with van der Waals surface area (Å²) in [6.45, 7) is 3.41. The Hall–Kier alpha value is -4.02. The van der Waals surface area contributed by atoms with Gasteiger partial charge in [-0.05, 0) is 49.3 Å². The van der Waals surface area contributed by atoms with Crippen molar-refractivity contribution in [3.05, 3.63) is 40.5 Å². The number of carbonyl (C=O) groups is 6. The Morgan fingerprint density at radius 1 is 0.829 bits per heavy atom. The second kappa shape index (κ2) is 7.49. The fourth-order valence-corrected chi connectivity index (χ4v) is 6.57. The van der Waals surface area contributed by atoms with Crippen LogP contribution in [-0.4, -0.2) is 50.6 Å². The maximum atomic E-state index is 13.3. The molecule has 0 radical (unpaired) electrons. The highest BCUT2D eigenvalue weighted by atomic mass is 16.3. The number of benzene rings is 1. The molecule has 11 nitrogen and oxygen atoms in total. The number of urea groups is 2. The SMILES string of the molecule is Cc1cc([C@H]2C3=CC[C@@H]4C(=O)N(C(N)=O)C(=O)[C@@H]4[C@@H]3C[C@H]3C(=O)N(C(N)=O)C(=O)[C@@H]23)cc(C)c1O. The van der Waals surface area contributed by atoms with Crippen LogP contribution in [0.3, 0.4) is 0 Å². The van der Waals surface area contributed by atoms with Crippen molar-refractivity contribution in [2.75, 3.05) is 0 Å². The number of phenols is 1. The smallest absolute Gasteiger partial charge is 0.328 e. The normalized spacial score (nSPS) is 31.8. The van der Waals surface area contributed by atoms with Crippen LogP contribution in [-0.2, 0) is 19.2 Å². The van der Waals surface area contributed by atoms with E-state index in [2.05, 4.69) is 0 Å². The summed E-state index contributed by atoms with van der Waals surface area (Å²) in [6, 6.07) is 1.09. The number of aryl methyl sites for hydroxylation is 2. The number of likely N-dealkylation sites (tertiary alicyclic amines) is 2. The Morgan fingerprint density at radius 2 is 1.34 bits per heavy atom. The Morgan fingerprint density at radius 3 is 1.89 bits per heavy atom. The fraction of sp³-hybridized carbons (Fsp3) is 0.417. The van der Waals surface area contributed by atoms with Crippen LogP contribution in [0, 0.1) is 43.4 Å². The van der Waals surface area contributed by atoms with Crippen LogP contribution in [0.2, 0.25) is 0 Å². The lowest BCUT2D eigenvalue weighted by Gasteiger charge is -2.44. The number of rotatable bonds is 1. The van der Waals surface area contributed by atoms with E-state index in [9.17, 15) is 33.9 Å². The zero-order valence-electron chi connectivity index (χ0n) is 19.1. The number of nitrogens with zero attached hydrogens (tertiary/aromatic N) is 2. The molecular weight excluding hydrogens is 456 g/mol. The highest BCUT2D eigenvalue weighted by molar-refractivity contribution is 6.18. The van der Waals surface area contributed by atoms with Gasteiger partial charge in [0, 0.05) is 5.92 Å². The van der Waals surface area contributed by atoms with E-state index in [1.165, 1.54) is 0 Å². The van der Waals surface area contributed by atoms with Crippen molar-refractivity contribution in [1.29, 1.82) is 0 Å². The number of hydrogen-bond acceptors (Lipinski definition) is 7. The van der Waals surface area contributed by atoms with Gasteiger partial charge in [0.05, 0.1) is 23.7 Å². The molecular formula is C24H24N4O7. The minimum Gasteiger partial charge on any atom is -0.507 e. The summed E-state index contributed by atoms with van der Waals surface area (Å²) in [5.41, 5.74) is 13.1. The van der Waals surface area contributed by atoms with Crippen LogP contribution in [0.4, 0.5) is 9.59 Å². The van der Waals surface area contributed by atoms with E-state index in [4.69, 9.17) is 11.5 Å². The van der Waals surface area contributed by atoms with E-state index >= 15 is 0 Å². The Balaban J connectivity index is 1.68. The van der Waals surface area contributed by atoms with Gasteiger partial charge in [-0.3, -0.25) is 19.2 Å². The van der Waals surface area contributed by atoms with Crippen molar-refractivity contribution in [2.45, 2.75) is 32.6 Å². The molecule has 6 atom stereocenters. The molecule has 2 aliphatic heterocycles. The maximum absolute atomic E-state index is 13.3. The Kier molecular flexibility index (Phi) is 4.87. The van der Waals surface area contributed by atoms with Crippen molar-refractivity contribution in [3.63, 3.8) is 0 Å². The molecule has 5 rings (SSSR count). The standard InChI is InChI=1S/C24H24N4O7/c1-8-5-10(6-9(2)18(8)29)15-11-3-4-12-16(21(32)27(19(12)30)23(25)34)13(11)7-14-17(15)22(33)28(20(14)31)24(26)35/h3,5-6,12-17,29H,4,7H2,1-2H3,(H2,25,34)(H2,26,35)/t12-,13+,14+,15-,16-,17+/m0/s1. The van der Waals surface area contributed by atoms with Gasteiger partial charge < -0.3 is 16.6 Å². The molecule has 8 amide bonds. The molecule has 1 saturated carbocycles. The second-order valence-corrected chi connectivity index (χ2v) is 9.73. The molecule has 3 fully saturated rings. The molecule has 2 heterocycles. The Labute approximate surface area is 199 Å². The van der Waals surface area contributed by atoms with Crippen LogP contribution in [0.25, 0.3) is 0 Å². The van der Waals surface area contributed by atoms with Gasteiger partial charge in [-0.1, -0.05) is 23.8 Å². The summed E-state index contributed by atoms with van der Waals surface area (Å²) < 4.78 is 0. The first-order chi connectivity index (χ1) is 16.5. The van der Waals surface area contributed by atoms with E-state index in [1.807, 2.05) is 0 Å². The minimum absolute atomic E-state index is 0.0458. The molecule has 0 unspecified atom stereocenters. The Bertz CT molecular complexity index is 1260. The highest BCUT2D eigenvalue weighted by Gasteiger charge is 2.63. The number of fused-ring (bicyclic) bond motifs is 4. The molecule has 2 saturated heterocycles. The number of primary amides is 2. The topological polar surface area (TPSA) is 181 Å². The number of amides is 8. The molecule has 35 heavy (non-hydrogen) atoms. The van der Waals surface area contributed by atoms with Crippen molar-refractivity contribution in [3.8, 4) is 5.75 Å². The van der Waals surface area contributed by atoms with E-state index in [0.29, 0.717) is 32.1 Å². The molecule has 0 spiro atoms. The summed E-state index contributed by atoms with van der Waals surface area (Å²) in [7, 11) is 0. The zero-order chi connectivity index (χ0) is 25.5. The van der Waals surface area contributed by atoms with Gasteiger partial charge in [0.25, 0.3) is 0 Å². The van der Waals surface area contributed by atoms with Crippen LogP contribution in [0.1, 0.15) is 35.4 Å². The zero-order valence-corrected chi connectivity index (χ0v) is 19.1. The van der Waals surface area contributed by atoms with Crippen molar-refractivity contribution in [1.82, 2.24) is 9.80 Å². The van der Waals surface area contributed by atoms with E-state index in [-0.39, 0.29) is 18.6 Å². The van der Waals surface area contributed by atoms with Crippen molar-refractivity contribution >= 4 is 35.7 Å². The first-order valence-electron chi connectivity index (χ1n) is 11.3. The van der Waals surface area contributed by atoms with Gasteiger partial charge in [-0.2, -0.15) is 9.80 Å². The number of hydrogen-bond donors (Lipinski definition) is 3. The highest BCUT2D eigenvalue weighted by Crippen LogP contribution is 2.58. The number of aromatic hydroxyl groups is 1. The fourth-order valence-electron chi connectivity index (χ4n) is 6.57. The van der Waals surface area contributed by atoms with Crippen molar-refractivity contribution in [2.24, 2.45) is 41.1 Å². The van der Waals surface area contributed by atoms with Gasteiger partial charge in [0.1, 0.15) is 5.75 Å². The van der Waals surface area contributed by atoms with Crippen LogP contribution in [0.15, 0.2) is 23.8 Å². The monoisotopic (exact) mass is 480 g/mol. The average molecular weight is 480 g/mol. The molecule has 1 aromatic carbocycles. The first kappa shape index (κ1) is 22.8. The summed E-state index contributed by atoms with van der Waals surface area (Å²) in [4.78, 5) is 77.1. The second-order valence-electron chi connectivity index (χ2n) is 9.73. The molecule has 182 valence electrons. The molecule has 11 heteroatoms. The largest absolute Gasteiger partial charge is 0.507 e. The van der Waals surface area contributed by atoms with E-state index in [0.717, 1.165) is 0 Å². The molecule has 0 bridgehead atoms. The van der Waals surface area contributed by atoms with Crippen LogP contribution in [0.5, 0.6) is 5.75 Å². The van der Waals surface area contributed by atoms with Gasteiger partial charge in [0.2, 0.25) is 23.6 Å². The number of phenolic OH excluding ortho intramolecular Hbond substituents is 1. The van der Waals surface area contributed by atoms with Crippen LogP contribution < -0.4 is 11.5 Å². The third kappa shape index (κ3) is 2.96. The first-order valence-corrected chi connectivity index (χ1v) is 11.3. The lowest BCUT2D eigenvalue weighted by molar-refractivity contribution is -0.138. The lowest BCUT2D eigenvalue weighted by Crippen LogP contribution is -2.44. The molecule has 1 aromatic rings. The molecule has 2 aliphatic carbocycles. The lowest BCUT2D eigenvalue weighted by atomic mass is 9.57.